The number of alkyl halides is 1. The van der Waals surface area contributed by atoms with E-state index in [0.717, 1.165) is 31.1 Å². The van der Waals surface area contributed by atoms with Gasteiger partial charge in [0.2, 0.25) is 0 Å². The van der Waals surface area contributed by atoms with Crippen LogP contribution in [-0.4, -0.2) is 0 Å². The highest BCUT2D eigenvalue weighted by Crippen LogP contribution is 2.69. The van der Waals surface area contributed by atoms with E-state index in [1.165, 1.54) is 24.8 Å². The van der Waals surface area contributed by atoms with Crippen LogP contribution in [0.2, 0.25) is 0 Å². The Morgan fingerprint density at radius 1 is 1.10 bits per heavy atom. The Bertz CT molecular complexity index is 545. The summed E-state index contributed by atoms with van der Waals surface area (Å²) in [5.74, 6) is 1.47. The molecule has 4 fully saturated rings. The van der Waals surface area contributed by atoms with Crippen LogP contribution in [0.25, 0.3) is 0 Å². The minimum absolute atomic E-state index is 0.0635. The van der Waals surface area contributed by atoms with Gasteiger partial charge in [-0.15, -0.1) is 11.6 Å². The van der Waals surface area contributed by atoms with Gasteiger partial charge in [-0.2, -0.15) is 5.26 Å². The van der Waals surface area contributed by atoms with Crippen LogP contribution in [0, 0.1) is 34.0 Å². The van der Waals surface area contributed by atoms with Gasteiger partial charge in [-0.1, -0.05) is 30.3 Å². The van der Waals surface area contributed by atoms with Crippen LogP contribution in [0.1, 0.15) is 49.5 Å². The van der Waals surface area contributed by atoms with Crippen molar-refractivity contribution >= 4 is 11.6 Å². The van der Waals surface area contributed by atoms with Crippen molar-refractivity contribution < 1.29 is 0 Å². The Labute approximate surface area is 125 Å². The smallest absolute Gasteiger partial charge is 0.0690 e. The van der Waals surface area contributed by atoms with Crippen molar-refractivity contribution in [2.24, 2.45) is 22.7 Å². The molecule has 0 spiro atoms. The summed E-state index contributed by atoms with van der Waals surface area (Å²) in [7, 11) is 0. The average Bonchev–Trinajstić information content (AvgIpc) is 2.46. The molecule has 1 aromatic carbocycles. The van der Waals surface area contributed by atoms with Crippen molar-refractivity contribution in [2.75, 3.05) is 0 Å². The molecule has 1 nitrogen and oxygen atoms in total. The molecule has 4 bridgehead atoms. The van der Waals surface area contributed by atoms with Gasteiger partial charge >= 0.3 is 0 Å². The second-order valence-electron chi connectivity index (χ2n) is 7.49. The van der Waals surface area contributed by atoms with Crippen LogP contribution in [0.3, 0.4) is 0 Å². The van der Waals surface area contributed by atoms with Gasteiger partial charge in [-0.25, -0.2) is 0 Å². The van der Waals surface area contributed by atoms with Gasteiger partial charge in [0.15, 0.2) is 0 Å². The van der Waals surface area contributed by atoms with Crippen LogP contribution in [0.5, 0.6) is 0 Å². The van der Waals surface area contributed by atoms with E-state index in [0.29, 0.717) is 0 Å². The Hall–Kier alpha value is -1.00. The summed E-state index contributed by atoms with van der Waals surface area (Å²) in [6.07, 6.45) is 7.07. The van der Waals surface area contributed by atoms with Crippen molar-refractivity contribution in [3.8, 4) is 6.07 Å². The van der Waals surface area contributed by atoms with Crippen molar-refractivity contribution in [3.63, 3.8) is 0 Å². The zero-order valence-corrected chi connectivity index (χ0v) is 12.4. The van der Waals surface area contributed by atoms with E-state index in [1.807, 2.05) is 6.07 Å². The number of benzene rings is 1. The molecule has 0 heterocycles. The minimum Gasteiger partial charge on any atom is -0.198 e. The van der Waals surface area contributed by atoms with Gasteiger partial charge < -0.3 is 0 Å². The summed E-state index contributed by atoms with van der Waals surface area (Å²) in [5.41, 5.74) is 1.35. The topological polar surface area (TPSA) is 23.8 Å². The van der Waals surface area contributed by atoms with Gasteiger partial charge in [0.05, 0.1) is 16.9 Å². The lowest BCUT2D eigenvalue weighted by Crippen LogP contribution is -2.52. The fourth-order valence-corrected chi connectivity index (χ4v) is 6.14. The van der Waals surface area contributed by atoms with E-state index in [1.54, 1.807) is 0 Å². The first kappa shape index (κ1) is 12.7. The van der Waals surface area contributed by atoms with Crippen LogP contribution in [0.15, 0.2) is 30.3 Å². The van der Waals surface area contributed by atoms with E-state index < -0.39 is 0 Å². The summed E-state index contributed by atoms with van der Waals surface area (Å²) in [6.45, 7) is 0. The number of nitrogens with zero attached hydrogens (tertiary/aromatic N) is 1. The molecule has 0 radical (unpaired) electrons. The van der Waals surface area contributed by atoms with Crippen molar-refractivity contribution in [2.45, 2.75) is 43.9 Å². The summed E-state index contributed by atoms with van der Waals surface area (Å²) >= 11 is 6.94. The standard InChI is InChI=1S/C18H20ClN/c19-16(15-4-2-1-3-5-15)18-9-13-6-14(10-18)8-17(7-13,11-18)12-20/h1-5,13-14,16H,6-11H2/t13-,14+,16?,17?,18?. The maximum atomic E-state index is 9.71. The number of rotatable bonds is 2. The number of nitriles is 1. The van der Waals surface area contributed by atoms with Crippen LogP contribution in [-0.2, 0) is 0 Å². The van der Waals surface area contributed by atoms with E-state index in [4.69, 9.17) is 11.6 Å². The summed E-state index contributed by atoms with van der Waals surface area (Å²) < 4.78 is 0. The first-order chi connectivity index (χ1) is 9.65. The lowest BCUT2D eigenvalue weighted by Gasteiger charge is -2.61. The minimum atomic E-state index is -0.0635. The Kier molecular flexibility index (Phi) is 2.70. The Morgan fingerprint density at radius 2 is 1.75 bits per heavy atom. The fourth-order valence-electron chi connectivity index (χ4n) is 5.74. The zero-order chi connectivity index (χ0) is 13.8. The number of hydrogen-bond donors (Lipinski definition) is 0. The maximum Gasteiger partial charge on any atom is 0.0690 e. The molecule has 1 aromatic rings. The number of halogens is 1. The van der Waals surface area contributed by atoms with Gasteiger partial charge in [0.1, 0.15) is 0 Å². The van der Waals surface area contributed by atoms with Gasteiger partial charge in [-0.3, -0.25) is 0 Å². The molecule has 0 N–H and O–H groups in total. The molecule has 4 aliphatic rings. The highest BCUT2D eigenvalue weighted by Gasteiger charge is 2.60. The highest BCUT2D eigenvalue weighted by atomic mass is 35.5. The second-order valence-corrected chi connectivity index (χ2v) is 7.93. The van der Waals surface area contributed by atoms with E-state index in [2.05, 4.69) is 30.3 Å². The van der Waals surface area contributed by atoms with Crippen molar-refractivity contribution in [3.05, 3.63) is 35.9 Å². The molecule has 4 aliphatic carbocycles. The Balaban J connectivity index is 1.72. The Morgan fingerprint density at radius 3 is 2.35 bits per heavy atom. The van der Waals surface area contributed by atoms with E-state index in [-0.39, 0.29) is 16.2 Å². The number of hydrogen-bond acceptors (Lipinski definition) is 1. The molecule has 5 rings (SSSR count). The molecule has 4 saturated carbocycles. The zero-order valence-electron chi connectivity index (χ0n) is 11.7. The lowest BCUT2D eigenvalue weighted by molar-refractivity contribution is -0.0862. The van der Waals surface area contributed by atoms with E-state index in [9.17, 15) is 5.26 Å². The van der Waals surface area contributed by atoms with Crippen LogP contribution in [0.4, 0.5) is 0 Å². The summed E-state index contributed by atoms with van der Waals surface area (Å²) in [6, 6.07) is 13.2. The molecule has 0 saturated heterocycles. The fraction of sp³-hybridized carbons (Fsp3) is 0.611. The molecular formula is C18H20ClN. The summed E-state index contributed by atoms with van der Waals surface area (Å²) in [4.78, 5) is 0. The monoisotopic (exact) mass is 285 g/mol. The molecule has 0 aliphatic heterocycles. The van der Waals surface area contributed by atoms with E-state index >= 15 is 0 Å². The molecule has 104 valence electrons. The third-order valence-corrected chi connectivity index (χ3v) is 6.69. The summed E-state index contributed by atoms with van der Waals surface area (Å²) in [5, 5.41) is 9.78. The predicted octanol–water partition coefficient (Wildman–Crippen LogP) is 5.08. The molecule has 2 heteroatoms. The molecule has 0 aromatic heterocycles. The highest BCUT2D eigenvalue weighted by molar-refractivity contribution is 6.21. The first-order valence-corrected chi connectivity index (χ1v) is 8.19. The quantitative estimate of drug-likeness (QED) is 0.695. The van der Waals surface area contributed by atoms with Crippen LogP contribution < -0.4 is 0 Å². The average molecular weight is 286 g/mol. The van der Waals surface area contributed by atoms with Gasteiger partial charge in [0.25, 0.3) is 0 Å². The van der Waals surface area contributed by atoms with Crippen molar-refractivity contribution in [1.82, 2.24) is 0 Å². The largest absolute Gasteiger partial charge is 0.198 e. The molecule has 3 unspecified atom stereocenters. The maximum absolute atomic E-state index is 9.71. The normalized spacial score (nSPS) is 43.2. The SMILES string of the molecule is N#CC12C[C@H]3C[C@@H](C1)CC(C(Cl)c1ccccc1)(C3)C2. The van der Waals surface area contributed by atoms with Gasteiger partial charge in [0, 0.05) is 0 Å². The third-order valence-electron chi connectivity index (χ3n) is 5.97. The first-order valence-electron chi connectivity index (χ1n) is 7.75. The lowest BCUT2D eigenvalue weighted by atomic mass is 9.43. The molecular weight excluding hydrogens is 266 g/mol. The van der Waals surface area contributed by atoms with Crippen molar-refractivity contribution in [1.29, 1.82) is 5.26 Å². The predicted molar refractivity (Wildman–Crippen MR) is 80.2 cm³/mol. The van der Waals surface area contributed by atoms with Crippen LogP contribution >= 0.6 is 11.6 Å². The second kappa shape index (κ2) is 4.25. The molecule has 5 atom stereocenters. The third kappa shape index (κ3) is 1.74. The van der Waals surface area contributed by atoms with Gasteiger partial charge in [-0.05, 0) is 61.3 Å². The molecule has 20 heavy (non-hydrogen) atoms. The molecule has 0 amide bonds.